The van der Waals surface area contributed by atoms with Crippen LogP contribution in [-0.2, 0) is 9.53 Å². The molecular formula is C15H17NO4. The Morgan fingerprint density at radius 1 is 1.30 bits per heavy atom. The van der Waals surface area contributed by atoms with Crippen molar-refractivity contribution in [1.29, 1.82) is 0 Å². The summed E-state index contributed by atoms with van der Waals surface area (Å²) in [5, 5.41) is 11.6. The van der Waals surface area contributed by atoms with E-state index < -0.39 is 5.97 Å². The molecule has 20 heavy (non-hydrogen) atoms. The molecule has 1 amide bonds. The molecule has 2 N–H and O–H groups in total. The monoisotopic (exact) mass is 275 g/mol. The molecule has 0 bridgehead atoms. The highest BCUT2D eigenvalue weighted by Crippen LogP contribution is 2.10. The Bertz CT molecular complexity index is 518. The Hall–Kier alpha value is -2.14. The van der Waals surface area contributed by atoms with Gasteiger partial charge in [-0.2, -0.15) is 0 Å². The Labute approximate surface area is 117 Å². The zero-order chi connectivity index (χ0) is 14.4. The highest BCUT2D eigenvalue weighted by Gasteiger charge is 2.16. The summed E-state index contributed by atoms with van der Waals surface area (Å²) in [5.74, 6) is -1.15. The number of rotatable bonds is 4. The van der Waals surface area contributed by atoms with Gasteiger partial charge in [0.1, 0.15) is 0 Å². The van der Waals surface area contributed by atoms with Crippen LogP contribution in [0.4, 0.5) is 0 Å². The minimum absolute atomic E-state index is 0.137. The molecule has 1 aliphatic heterocycles. The lowest BCUT2D eigenvalue weighted by Gasteiger charge is -2.23. The maximum Gasteiger partial charge on any atom is 0.328 e. The van der Waals surface area contributed by atoms with Crippen LogP contribution in [0.15, 0.2) is 30.3 Å². The van der Waals surface area contributed by atoms with Gasteiger partial charge >= 0.3 is 5.97 Å². The Morgan fingerprint density at radius 2 is 2.05 bits per heavy atom. The Morgan fingerprint density at radius 3 is 2.75 bits per heavy atom. The van der Waals surface area contributed by atoms with Crippen molar-refractivity contribution in [2.75, 3.05) is 13.2 Å². The number of amides is 1. The molecule has 1 fully saturated rings. The van der Waals surface area contributed by atoms with Crippen LogP contribution >= 0.6 is 0 Å². The average molecular weight is 275 g/mol. The molecule has 2 rings (SSSR count). The number of hydrogen-bond acceptors (Lipinski definition) is 3. The molecule has 0 aliphatic carbocycles. The van der Waals surface area contributed by atoms with Crippen LogP contribution in [0.3, 0.4) is 0 Å². The van der Waals surface area contributed by atoms with Crippen molar-refractivity contribution in [2.45, 2.75) is 18.9 Å². The van der Waals surface area contributed by atoms with Gasteiger partial charge in [-0.15, -0.1) is 0 Å². The van der Waals surface area contributed by atoms with E-state index in [1.165, 1.54) is 6.08 Å². The molecule has 0 saturated carbocycles. The lowest BCUT2D eigenvalue weighted by molar-refractivity contribution is -0.131. The molecule has 0 aromatic heterocycles. The summed E-state index contributed by atoms with van der Waals surface area (Å²) in [7, 11) is 0. The molecule has 5 heteroatoms. The molecule has 0 spiro atoms. The van der Waals surface area contributed by atoms with Gasteiger partial charge in [0.25, 0.3) is 5.91 Å². The van der Waals surface area contributed by atoms with E-state index in [4.69, 9.17) is 9.84 Å². The fraction of sp³-hybridized carbons (Fsp3) is 0.333. The van der Waals surface area contributed by atoms with E-state index in [1.54, 1.807) is 24.3 Å². The smallest absolute Gasteiger partial charge is 0.328 e. The maximum absolute atomic E-state index is 12.1. The van der Waals surface area contributed by atoms with Crippen molar-refractivity contribution in [1.82, 2.24) is 5.32 Å². The van der Waals surface area contributed by atoms with Crippen LogP contribution < -0.4 is 5.32 Å². The van der Waals surface area contributed by atoms with Crippen molar-refractivity contribution >= 4 is 18.0 Å². The van der Waals surface area contributed by atoms with Crippen LogP contribution in [0, 0.1) is 0 Å². The summed E-state index contributed by atoms with van der Waals surface area (Å²) in [5.41, 5.74) is 1.22. The van der Waals surface area contributed by atoms with Gasteiger partial charge in [-0.3, -0.25) is 4.79 Å². The van der Waals surface area contributed by atoms with E-state index >= 15 is 0 Å². The van der Waals surface area contributed by atoms with Crippen molar-refractivity contribution in [3.8, 4) is 0 Å². The van der Waals surface area contributed by atoms with Gasteiger partial charge in [0.05, 0.1) is 0 Å². The topological polar surface area (TPSA) is 75.6 Å². The summed E-state index contributed by atoms with van der Waals surface area (Å²) in [6.45, 7) is 1.35. The molecule has 1 aromatic carbocycles. The molecule has 106 valence electrons. The lowest BCUT2D eigenvalue weighted by Crippen LogP contribution is -2.38. The second-order valence-corrected chi connectivity index (χ2v) is 4.66. The molecule has 0 unspecified atom stereocenters. The maximum atomic E-state index is 12.1. The Balaban J connectivity index is 2.02. The van der Waals surface area contributed by atoms with Gasteiger partial charge in [0.15, 0.2) is 0 Å². The van der Waals surface area contributed by atoms with Crippen molar-refractivity contribution in [3.63, 3.8) is 0 Å². The molecule has 5 nitrogen and oxygen atoms in total. The van der Waals surface area contributed by atoms with Crippen LogP contribution in [0.25, 0.3) is 6.08 Å². The number of aliphatic carboxylic acids is 1. The zero-order valence-corrected chi connectivity index (χ0v) is 11.0. The van der Waals surface area contributed by atoms with E-state index in [0.717, 1.165) is 18.9 Å². The first-order chi connectivity index (χ1) is 9.65. The number of carboxylic acid groups (broad SMARTS) is 1. The second kappa shape index (κ2) is 6.86. The normalized spacial score (nSPS) is 16.2. The molecule has 1 saturated heterocycles. The molecule has 0 atom stereocenters. The Kier molecular flexibility index (Phi) is 4.90. The predicted octanol–water partition coefficient (Wildman–Crippen LogP) is 1.69. The summed E-state index contributed by atoms with van der Waals surface area (Å²) < 4.78 is 5.24. The molecule has 0 radical (unpaired) electrons. The summed E-state index contributed by atoms with van der Waals surface area (Å²) in [6.07, 6.45) is 4.16. The number of carboxylic acids is 1. The first kappa shape index (κ1) is 14.3. The number of benzene rings is 1. The number of ether oxygens (including phenoxy) is 1. The second-order valence-electron chi connectivity index (χ2n) is 4.66. The van der Waals surface area contributed by atoms with E-state index in [0.29, 0.717) is 24.3 Å². The third kappa shape index (κ3) is 4.20. The fourth-order valence-electron chi connectivity index (χ4n) is 2.06. The van der Waals surface area contributed by atoms with E-state index in [1.807, 2.05) is 0 Å². The van der Waals surface area contributed by atoms with Gasteiger partial charge in [-0.05, 0) is 36.6 Å². The molecule has 1 aromatic rings. The van der Waals surface area contributed by atoms with Crippen molar-refractivity contribution in [3.05, 3.63) is 41.5 Å². The first-order valence-corrected chi connectivity index (χ1v) is 6.55. The fourth-order valence-corrected chi connectivity index (χ4v) is 2.06. The number of carbonyl (C=O) groups excluding carboxylic acids is 1. The van der Waals surface area contributed by atoms with Crippen LogP contribution in [0.5, 0.6) is 0 Å². The summed E-state index contributed by atoms with van der Waals surface area (Å²) in [4.78, 5) is 22.6. The zero-order valence-electron chi connectivity index (χ0n) is 11.0. The largest absolute Gasteiger partial charge is 0.478 e. The van der Waals surface area contributed by atoms with Gasteiger partial charge < -0.3 is 15.2 Å². The molecule has 1 heterocycles. The first-order valence-electron chi connectivity index (χ1n) is 6.55. The van der Waals surface area contributed by atoms with Gasteiger partial charge in [0, 0.05) is 30.9 Å². The third-order valence-corrected chi connectivity index (χ3v) is 3.12. The van der Waals surface area contributed by atoms with E-state index in [-0.39, 0.29) is 11.9 Å². The predicted molar refractivity (Wildman–Crippen MR) is 74.4 cm³/mol. The van der Waals surface area contributed by atoms with E-state index in [2.05, 4.69) is 5.32 Å². The molecular weight excluding hydrogens is 258 g/mol. The number of hydrogen-bond donors (Lipinski definition) is 2. The van der Waals surface area contributed by atoms with Gasteiger partial charge in [0.2, 0.25) is 0 Å². The van der Waals surface area contributed by atoms with Crippen molar-refractivity contribution < 1.29 is 19.4 Å². The summed E-state index contributed by atoms with van der Waals surface area (Å²) >= 11 is 0. The number of carbonyl (C=O) groups is 2. The highest BCUT2D eigenvalue weighted by atomic mass is 16.5. The highest BCUT2D eigenvalue weighted by molar-refractivity contribution is 5.95. The van der Waals surface area contributed by atoms with Crippen molar-refractivity contribution in [2.24, 2.45) is 0 Å². The number of nitrogens with one attached hydrogen (secondary N) is 1. The minimum atomic E-state index is -1.01. The van der Waals surface area contributed by atoms with Crippen LogP contribution in [0.1, 0.15) is 28.8 Å². The van der Waals surface area contributed by atoms with E-state index in [9.17, 15) is 9.59 Å². The minimum Gasteiger partial charge on any atom is -0.478 e. The quantitative estimate of drug-likeness (QED) is 0.820. The van der Waals surface area contributed by atoms with Gasteiger partial charge in [-0.1, -0.05) is 12.1 Å². The average Bonchev–Trinajstić information content (AvgIpc) is 2.46. The molecule has 1 aliphatic rings. The van der Waals surface area contributed by atoms with Crippen LogP contribution in [0.2, 0.25) is 0 Å². The third-order valence-electron chi connectivity index (χ3n) is 3.12. The van der Waals surface area contributed by atoms with Crippen LogP contribution in [-0.4, -0.2) is 36.2 Å². The standard InChI is InChI=1S/C15H17NO4/c17-14(18)5-4-11-2-1-3-12(10-11)15(19)16-13-6-8-20-9-7-13/h1-5,10,13H,6-9H2,(H,16,19)(H,17,18). The lowest BCUT2D eigenvalue weighted by atomic mass is 10.1. The summed E-state index contributed by atoms with van der Waals surface area (Å²) in [6, 6.07) is 7.03. The SMILES string of the molecule is O=C(O)C=Cc1cccc(C(=O)NC2CCOCC2)c1. The van der Waals surface area contributed by atoms with Gasteiger partial charge in [-0.25, -0.2) is 4.79 Å².